The zero-order valence-corrected chi connectivity index (χ0v) is 22.7. The first kappa shape index (κ1) is 43.3. The minimum Gasteiger partial charge on any atom is -0.748 e. The number of carbonyl (C=O) groups excluding carboxylic acids is 2. The summed E-state index contributed by atoms with van der Waals surface area (Å²) in [5, 5.41) is 60.5. The zero-order valence-electron chi connectivity index (χ0n) is 19.9. The molecule has 0 saturated carbocycles. The summed E-state index contributed by atoms with van der Waals surface area (Å²) in [4.78, 5) is 22.9. The molecule has 1 unspecified atom stereocenters. The van der Waals surface area contributed by atoms with Crippen LogP contribution >= 0.6 is 0 Å². The molecule has 0 aliphatic rings. The van der Waals surface area contributed by atoms with Crippen molar-refractivity contribution in [3.63, 3.8) is 0 Å². The van der Waals surface area contributed by atoms with E-state index in [0.717, 1.165) is 0 Å². The minimum atomic E-state index is -4.32. The number of allylic oxidation sites excluding steroid dienone is 1. The summed E-state index contributed by atoms with van der Waals surface area (Å²) in [6.07, 6.45) is 2.41. The maximum Gasteiger partial charge on any atom is 1.00 e. The Labute approximate surface area is 224 Å². The molecular weight excluding hydrogens is 491 g/mol. The molecule has 0 aromatic carbocycles. The van der Waals surface area contributed by atoms with Crippen LogP contribution in [0.2, 0.25) is 0 Å². The van der Waals surface area contributed by atoms with Crippen LogP contribution in [-0.2, 0) is 24.6 Å². The van der Waals surface area contributed by atoms with Crippen LogP contribution in [0.25, 0.3) is 0 Å². The summed E-state index contributed by atoms with van der Waals surface area (Å²) in [6.45, 7) is 4.89. The minimum absolute atomic E-state index is 0. The molecule has 0 fully saturated rings. The maximum absolute atomic E-state index is 10.1. The van der Waals surface area contributed by atoms with E-state index in [4.69, 9.17) is 25.7 Å². The molecule has 0 heterocycles. The van der Waals surface area contributed by atoms with Gasteiger partial charge in [0.2, 0.25) is 0 Å². The van der Waals surface area contributed by atoms with Gasteiger partial charge in [-0.1, -0.05) is 6.58 Å². The van der Waals surface area contributed by atoms with Crippen LogP contribution in [0.3, 0.4) is 0 Å². The Hall–Kier alpha value is -0.810. The summed E-state index contributed by atoms with van der Waals surface area (Å²) < 4.78 is 30.3. The molecule has 0 radical (unpaired) electrons. The Balaban J connectivity index is -0.0000000819. The molecule has 0 aromatic rings. The molecule has 0 amide bonds. The van der Waals surface area contributed by atoms with Crippen LogP contribution in [0.5, 0.6) is 0 Å². The van der Waals surface area contributed by atoms with Crippen molar-refractivity contribution in [2.75, 3.05) is 25.6 Å². The Morgan fingerprint density at radius 3 is 1.47 bits per heavy atom. The van der Waals surface area contributed by atoms with E-state index in [1.54, 1.807) is 6.92 Å². The monoisotopic (exact) mass is 530 g/mol. The van der Waals surface area contributed by atoms with Gasteiger partial charge in [-0.2, -0.15) is 0 Å². The SMILES string of the molecule is C=C(C)OO.O=C([O-])CCCCO.O=C([O-])CCCCO.O=S(=O)([O-])CC(O)CCCCO.[HH].[Na+]. The molecular formula is C19H39NaO13S-2. The van der Waals surface area contributed by atoms with E-state index in [-0.39, 0.29) is 70.1 Å². The summed E-state index contributed by atoms with van der Waals surface area (Å²) in [5.74, 6) is -2.51. The number of hydrogen-bond donors (Lipinski definition) is 5. The van der Waals surface area contributed by atoms with Gasteiger partial charge in [-0.25, -0.2) is 13.7 Å². The van der Waals surface area contributed by atoms with E-state index in [1.807, 2.05) is 0 Å². The van der Waals surface area contributed by atoms with Gasteiger partial charge in [0.25, 0.3) is 0 Å². The second kappa shape index (κ2) is 32.2. The predicted molar refractivity (Wildman–Crippen MR) is 114 cm³/mol. The van der Waals surface area contributed by atoms with Crippen molar-refractivity contribution in [1.29, 1.82) is 0 Å². The number of aliphatic carboxylic acids is 2. The van der Waals surface area contributed by atoms with Gasteiger partial charge in [0.15, 0.2) is 0 Å². The first-order valence-corrected chi connectivity index (χ1v) is 11.7. The fourth-order valence-electron chi connectivity index (χ4n) is 1.57. The fourth-order valence-corrected chi connectivity index (χ4v) is 2.21. The molecule has 5 N–H and O–H groups in total. The Morgan fingerprint density at radius 1 is 0.912 bits per heavy atom. The molecule has 15 heteroatoms. The molecule has 0 spiro atoms. The van der Waals surface area contributed by atoms with Crippen molar-refractivity contribution in [2.24, 2.45) is 0 Å². The van der Waals surface area contributed by atoms with E-state index < -0.39 is 33.9 Å². The number of carboxylic acid groups (broad SMARTS) is 2. The van der Waals surface area contributed by atoms with Crippen molar-refractivity contribution in [2.45, 2.75) is 70.8 Å². The van der Waals surface area contributed by atoms with Crippen molar-refractivity contribution in [1.82, 2.24) is 0 Å². The third-order valence-corrected chi connectivity index (χ3v) is 3.87. The number of hydrogen-bond acceptors (Lipinski definition) is 13. The van der Waals surface area contributed by atoms with Gasteiger partial charge >= 0.3 is 29.6 Å². The first-order valence-electron chi connectivity index (χ1n) is 10.1. The average Bonchev–Trinajstić information content (AvgIpc) is 2.68. The number of rotatable bonds is 15. The predicted octanol–water partition coefficient (Wildman–Crippen LogP) is -4.89. The number of carboxylic acids is 2. The van der Waals surface area contributed by atoms with Gasteiger partial charge in [-0.3, -0.25) is 0 Å². The Morgan fingerprint density at radius 2 is 1.24 bits per heavy atom. The van der Waals surface area contributed by atoms with Crippen molar-refractivity contribution in [3.05, 3.63) is 12.3 Å². The number of unbranched alkanes of at least 4 members (excludes halogenated alkanes) is 3. The van der Waals surface area contributed by atoms with E-state index >= 15 is 0 Å². The van der Waals surface area contributed by atoms with E-state index in [2.05, 4.69) is 11.5 Å². The molecule has 202 valence electrons. The van der Waals surface area contributed by atoms with Gasteiger partial charge in [0.05, 0.1) is 22.0 Å². The van der Waals surface area contributed by atoms with Crippen LogP contribution in [0, 0.1) is 0 Å². The molecule has 0 saturated heterocycles. The van der Waals surface area contributed by atoms with Gasteiger partial charge in [-0.05, 0) is 64.7 Å². The van der Waals surface area contributed by atoms with Crippen LogP contribution in [0.4, 0.5) is 0 Å². The normalized spacial score (nSPS) is 10.4. The van der Waals surface area contributed by atoms with Crippen LogP contribution < -0.4 is 39.8 Å². The van der Waals surface area contributed by atoms with Gasteiger partial charge in [0.1, 0.15) is 5.76 Å². The summed E-state index contributed by atoms with van der Waals surface area (Å²) in [5.41, 5.74) is 0. The third kappa shape index (κ3) is 63.3. The average molecular weight is 531 g/mol. The summed E-state index contributed by atoms with van der Waals surface area (Å²) in [7, 11) is -4.32. The van der Waals surface area contributed by atoms with Crippen LogP contribution in [0.1, 0.15) is 66.1 Å². The third-order valence-electron chi connectivity index (χ3n) is 3.08. The van der Waals surface area contributed by atoms with Crippen molar-refractivity contribution in [3.8, 4) is 0 Å². The van der Waals surface area contributed by atoms with E-state index in [1.165, 1.54) is 0 Å². The van der Waals surface area contributed by atoms with Crippen molar-refractivity contribution >= 4 is 22.1 Å². The summed E-state index contributed by atoms with van der Waals surface area (Å²) in [6, 6.07) is 0. The number of aliphatic hydroxyl groups excluding tert-OH is 4. The standard InChI is InChI=1S/C6H14O5S.2C5H10O3.C3H6O2.Na.H2/c7-4-2-1-3-6(8)5-12(9,10)11;2*6-4-2-1-3-5(7)8;1-3(2)5-4;;/h6-8H,1-5H2,(H,9,10,11);2*6H,1-4H2,(H,7,8);4H,1H2,2H3;;1H/q;;;;+1;/p-3. The molecule has 1 atom stereocenters. The molecule has 0 aromatic heterocycles. The molecule has 0 rings (SSSR count). The van der Waals surface area contributed by atoms with Crippen LogP contribution in [-0.4, -0.2) is 82.3 Å². The maximum atomic E-state index is 10.1. The second-order valence-corrected chi connectivity index (χ2v) is 7.94. The number of aliphatic hydroxyl groups is 4. The Bertz CT molecular complexity index is 557. The van der Waals surface area contributed by atoms with Crippen molar-refractivity contribution < 1.29 is 94.3 Å². The van der Waals surface area contributed by atoms with E-state index in [9.17, 15) is 32.8 Å². The fraction of sp³-hybridized carbons (Fsp3) is 0.789. The first-order chi connectivity index (χ1) is 15.3. The molecule has 0 bridgehead atoms. The Kier molecular flexibility index (Phi) is 41.0. The van der Waals surface area contributed by atoms with E-state index in [0.29, 0.717) is 44.3 Å². The van der Waals surface area contributed by atoms with Gasteiger partial charge < -0.3 is 49.7 Å². The summed E-state index contributed by atoms with van der Waals surface area (Å²) >= 11 is 0. The molecule has 0 aliphatic carbocycles. The topological polar surface area (TPSA) is 248 Å². The molecule has 0 aliphatic heterocycles. The largest absolute Gasteiger partial charge is 1.00 e. The van der Waals surface area contributed by atoms with Crippen LogP contribution in [0.15, 0.2) is 12.3 Å². The van der Waals surface area contributed by atoms with Gasteiger partial charge in [-0.15, -0.1) is 0 Å². The zero-order chi connectivity index (χ0) is 26.7. The molecule has 13 nitrogen and oxygen atoms in total. The molecule has 34 heavy (non-hydrogen) atoms. The smallest absolute Gasteiger partial charge is 0.748 e. The van der Waals surface area contributed by atoms with Gasteiger partial charge in [0, 0.05) is 33.2 Å². The quantitative estimate of drug-likeness (QED) is 0.0333. The second-order valence-electron chi connectivity index (χ2n) is 6.50. The number of carbonyl (C=O) groups is 2.